The first-order chi connectivity index (χ1) is 8.04. The number of aryl methyl sites for hydroxylation is 1. The highest BCUT2D eigenvalue weighted by atomic mass is 16.1. The van der Waals surface area contributed by atoms with Crippen molar-refractivity contribution < 1.29 is 0 Å². The first kappa shape index (κ1) is 11.5. The zero-order valence-electron chi connectivity index (χ0n) is 10.3. The second-order valence-electron chi connectivity index (χ2n) is 4.57. The number of hydrogen-bond acceptors (Lipinski definition) is 1. The lowest BCUT2D eigenvalue weighted by Crippen LogP contribution is -2.08. The van der Waals surface area contributed by atoms with Gasteiger partial charge < -0.3 is 4.98 Å². The molecule has 0 bridgehead atoms. The summed E-state index contributed by atoms with van der Waals surface area (Å²) in [6, 6.07) is 5.50. The number of nitrogens with one attached hydrogen (secondary N) is 1. The largest absolute Gasteiger partial charge is 0.322 e. The van der Waals surface area contributed by atoms with E-state index in [1.165, 1.54) is 0 Å². The molecular formula is C15H15NO. The lowest BCUT2D eigenvalue weighted by molar-refractivity contribution is 0.871. The van der Waals surface area contributed by atoms with Crippen molar-refractivity contribution in [3.8, 4) is 12.3 Å². The Kier molecular flexibility index (Phi) is 2.77. The molecule has 86 valence electrons. The van der Waals surface area contributed by atoms with Crippen LogP contribution in [0.15, 0.2) is 23.0 Å². The molecule has 0 radical (unpaired) electrons. The number of hydrogen-bond donors (Lipinski definition) is 1. The molecular weight excluding hydrogens is 210 g/mol. The number of aromatic amines is 1. The fourth-order valence-corrected chi connectivity index (χ4v) is 2.13. The van der Waals surface area contributed by atoms with E-state index in [4.69, 9.17) is 6.42 Å². The maximum Gasteiger partial charge on any atom is 0.248 e. The van der Waals surface area contributed by atoms with Crippen LogP contribution in [0.1, 0.15) is 36.5 Å². The Hall–Kier alpha value is -2.01. The predicted octanol–water partition coefficient (Wildman–Crippen LogP) is 2.94. The maximum absolute atomic E-state index is 11.6. The molecule has 1 aromatic heterocycles. The van der Waals surface area contributed by atoms with Crippen molar-refractivity contribution in [2.24, 2.45) is 0 Å². The van der Waals surface area contributed by atoms with Crippen LogP contribution in [0.2, 0.25) is 0 Å². The third-order valence-corrected chi connectivity index (χ3v) is 3.01. The summed E-state index contributed by atoms with van der Waals surface area (Å²) >= 11 is 0. The average molecular weight is 225 g/mol. The first-order valence-electron chi connectivity index (χ1n) is 5.67. The van der Waals surface area contributed by atoms with Crippen LogP contribution in [0.4, 0.5) is 0 Å². The van der Waals surface area contributed by atoms with E-state index >= 15 is 0 Å². The number of fused-ring (bicyclic) bond motifs is 1. The van der Waals surface area contributed by atoms with Gasteiger partial charge in [-0.2, -0.15) is 0 Å². The fourth-order valence-electron chi connectivity index (χ4n) is 2.13. The summed E-state index contributed by atoms with van der Waals surface area (Å²) in [6.07, 6.45) is 5.58. The Morgan fingerprint density at radius 1 is 1.35 bits per heavy atom. The van der Waals surface area contributed by atoms with Gasteiger partial charge >= 0.3 is 0 Å². The van der Waals surface area contributed by atoms with Gasteiger partial charge in [-0.1, -0.05) is 25.8 Å². The molecule has 0 atom stereocenters. The number of pyridine rings is 1. The smallest absolute Gasteiger partial charge is 0.248 e. The SMILES string of the molecule is C#Cc1c(C)ccc2[nH]c(=O)cc(C(C)C)c12. The Labute approximate surface area is 101 Å². The number of rotatable bonds is 1. The summed E-state index contributed by atoms with van der Waals surface area (Å²) in [5.41, 5.74) is 3.70. The van der Waals surface area contributed by atoms with Gasteiger partial charge in [0, 0.05) is 22.5 Å². The molecule has 0 saturated heterocycles. The molecule has 2 nitrogen and oxygen atoms in total. The molecule has 1 aromatic carbocycles. The second-order valence-corrected chi connectivity index (χ2v) is 4.57. The highest BCUT2D eigenvalue weighted by molar-refractivity contribution is 5.89. The van der Waals surface area contributed by atoms with E-state index in [0.29, 0.717) is 0 Å². The molecule has 17 heavy (non-hydrogen) atoms. The summed E-state index contributed by atoms with van der Waals surface area (Å²) in [6.45, 7) is 6.12. The van der Waals surface area contributed by atoms with E-state index in [1.807, 2.05) is 19.1 Å². The van der Waals surface area contributed by atoms with Crippen LogP contribution in [0.3, 0.4) is 0 Å². The van der Waals surface area contributed by atoms with E-state index in [1.54, 1.807) is 6.07 Å². The number of terminal acetylenes is 1. The van der Waals surface area contributed by atoms with Crippen LogP contribution in [-0.2, 0) is 0 Å². The average Bonchev–Trinajstić information content (AvgIpc) is 2.28. The van der Waals surface area contributed by atoms with E-state index in [-0.39, 0.29) is 11.5 Å². The van der Waals surface area contributed by atoms with Crippen LogP contribution in [0.5, 0.6) is 0 Å². The van der Waals surface area contributed by atoms with Crippen LogP contribution in [0.25, 0.3) is 10.9 Å². The van der Waals surface area contributed by atoms with Gasteiger partial charge in [0.15, 0.2) is 0 Å². The van der Waals surface area contributed by atoms with Crippen molar-refractivity contribution >= 4 is 10.9 Å². The van der Waals surface area contributed by atoms with Gasteiger partial charge in [-0.15, -0.1) is 6.42 Å². The highest BCUT2D eigenvalue weighted by Crippen LogP contribution is 2.27. The minimum atomic E-state index is -0.0759. The van der Waals surface area contributed by atoms with Crippen molar-refractivity contribution in [1.29, 1.82) is 0 Å². The predicted molar refractivity (Wildman–Crippen MR) is 71.3 cm³/mol. The lowest BCUT2D eigenvalue weighted by Gasteiger charge is -2.12. The Balaban J connectivity index is 3.03. The van der Waals surface area contributed by atoms with Gasteiger partial charge in [0.25, 0.3) is 0 Å². The van der Waals surface area contributed by atoms with Crippen molar-refractivity contribution in [1.82, 2.24) is 4.98 Å². The van der Waals surface area contributed by atoms with Crippen molar-refractivity contribution in [2.45, 2.75) is 26.7 Å². The van der Waals surface area contributed by atoms with Crippen molar-refractivity contribution in [3.05, 3.63) is 45.2 Å². The zero-order valence-corrected chi connectivity index (χ0v) is 10.3. The third-order valence-electron chi connectivity index (χ3n) is 3.01. The summed E-state index contributed by atoms with van der Waals surface area (Å²) < 4.78 is 0. The minimum absolute atomic E-state index is 0.0759. The van der Waals surface area contributed by atoms with Gasteiger partial charge in [-0.3, -0.25) is 4.79 Å². The zero-order chi connectivity index (χ0) is 12.6. The standard InChI is InChI=1S/C15H15NO/c1-5-11-10(4)6-7-13-15(11)12(9(2)3)8-14(17)16-13/h1,6-9H,2-4H3,(H,16,17). The first-order valence-corrected chi connectivity index (χ1v) is 5.67. The third kappa shape index (κ3) is 1.85. The van der Waals surface area contributed by atoms with E-state index in [0.717, 1.165) is 27.6 Å². The Morgan fingerprint density at radius 3 is 2.65 bits per heavy atom. The van der Waals surface area contributed by atoms with Crippen molar-refractivity contribution in [2.75, 3.05) is 0 Å². The van der Waals surface area contributed by atoms with Crippen LogP contribution in [0, 0.1) is 19.3 Å². The van der Waals surface area contributed by atoms with E-state index < -0.39 is 0 Å². The molecule has 0 aliphatic carbocycles. The normalized spacial score (nSPS) is 10.8. The highest BCUT2D eigenvalue weighted by Gasteiger charge is 2.11. The molecule has 1 heterocycles. The molecule has 2 aromatic rings. The number of aromatic nitrogens is 1. The topological polar surface area (TPSA) is 32.9 Å². The molecule has 0 aliphatic rings. The van der Waals surface area contributed by atoms with Gasteiger partial charge in [-0.25, -0.2) is 0 Å². The van der Waals surface area contributed by atoms with Crippen LogP contribution < -0.4 is 5.56 Å². The van der Waals surface area contributed by atoms with E-state index in [2.05, 4.69) is 24.8 Å². The van der Waals surface area contributed by atoms with Crippen LogP contribution >= 0.6 is 0 Å². The molecule has 0 fully saturated rings. The summed E-state index contributed by atoms with van der Waals surface area (Å²) in [5.74, 6) is 3.00. The maximum atomic E-state index is 11.6. The Morgan fingerprint density at radius 2 is 2.06 bits per heavy atom. The van der Waals surface area contributed by atoms with Crippen molar-refractivity contribution in [3.63, 3.8) is 0 Å². The Bertz CT molecular complexity index is 672. The van der Waals surface area contributed by atoms with Gasteiger partial charge in [-0.05, 0) is 30.0 Å². The summed E-state index contributed by atoms with van der Waals surface area (Å²) in [4.78, 5) is 14.4. The fraction of sp³-hybridized carbons (Fsp3) is 0.267. The molecule has 0 aliphatic heterocycles. The molecule has 2 heteroatoms. The van der Waals surface area contributed by atoms with E-state index in [9.17, 15) is 4.79 Å². The molecule has 0 saturated carbocycles. The molecule has 1 N–H and O–H groups in total. The monoisotopic (exact) mass is 225 g/mol. The molecule has 0 spiro atoms. The molecule has 0 unspecified atom stereocenters. The number of H-pyrrole nitrogens is 1. The van der Waals surface area contributed by atoms with Gasteiger partial charge in [0.1, 0.15) is 0 Å². The summed E-state index contributed by atoms with van der Waals surface area (Å²) in [5, 5.41) is 1.00. The van der Waals surface area contributed by atoms with Gasteiger partial charge in [0.2, 0.25) is 5.56 Å². The minimum Gasteiger partial charge on any atom is -0.322 e. The van der Waals surface area contributed by atoms with Crippen LogP contribution in [-0.4, -0.2) is 4.98 Å². The lowest BCUT2D eigenvalue weighted by atomic mass is 9.93. The second kappa shape index (κ2) is 4.10. The number of benzene rings is 1. The van der Waals surface area contributed by atoms with Gasteiger partial charge in [0.05, 0.1) is 0 Å². The quantitative estimate of drug-likeness (QED) is 0.744. The molecule has 2 rings (SSSR count). The summed E-state index contributed by atoms with van der Waals surface area (Å²) in [7, 11) is 0. The molecule has 0 amide bonds.